The summed E-state index contributed by atoms with van der Waals surface area (Å²) in [5, 5.41) is 7.39. The molecule has 0 saturated heterocycles. The number of benzene rings is 1. The molecule has 2 heterocycles. The van der Waals surface area contributed by atoms with Crippen molar-refractivity contribution in [1.29, 1.82) is 0 Å². The van der Waals surface area contributed by atoms with Crippen molar-refractivity contribution >= 4 is 23.7 Å². The average Bonchev–Trinajstić information content (AvgIpc) is 3.06. The molecule has 24 heavy (non-hydrogen) atoms. The van der Waals surface area contributed by atoms with Gasteiger partial charge in [0.15, 0.2) is 0 Å². The minimum Gasteiger partial charge on any atom is -0.458 e. The number of rotatable bonds is 5. The van der Waals surface area contributed by atoms with Gasteiger partial charge < -0.3 is 10.1 Å². The topological polar surface area (TPSA) is 69.0 Å². The van der Waals surface area contributed by atoms with Crippen molar-refractivity contribution in [3.8, 4) is 0 Å². The van der Waals surface area contributed by atoms with E-state index in [0.29, 0.717) is 17.2 Å². The third-order valence-corrected chi connectivity index (χ3v) is 4.52. The maximum atomic E-state index is 12.6. The van der Waals surface area contributed by atoms with Crippen molar-refractivity contribution in [3.63, 3.8) is 0 Å². The molecular formula is C17H18N4O2S. The van der Waals surface area contributed by atoms with Crippen molar-refractivity contribution in [1.82, 2.24) is 14.8 Å². The van der Waals surface area contributed by atoms with Crippen LogP contribution in [0.3, 0.4) is 0 Å². The quantitative estimate of drug-likeness (QED) is 0.512. The fraction of sp³-hybridized carbons (Fsp3) is 0.235. The predicted octanol–water partition coefficient (Wildman–Crippen LogP) is 3.02. The third-order valence-electron chi connectivity index (χ3n) is 3.78. The molecule has 0 spiro atoms. The number of hydrogen-bond acceptors (Lipinski definition) is 6. The number of carbonyl (C=O) groups excluding carboxylic acids is 1. The maximum Gasteiger partial charge on any atom is 0.338 e. The summed E-state index contributed by atoms with van der Waals surface area (Å²) < 4.78 is 6.97. The Labute approximate surface area is 144 Å². The Hall–Kier alpha value is -2.54. The monoisotopic (exact) mass is 342 g/mol. The maximum absolute atomic E-state index is 12.6. The number of ether oxygens (including phenoxy) is 1. The summed E-state index contributed by atoms with van der Waals surface area (Å²) in [5.41, 5.74) is 2.18. The van der Waals surface area contributed by atoms with E-state index in [1.165, 1.54) is 6.33 Å². The number of carbonyl (C=O) groups is 1. The Morgan fingerprint density at radius 1 is 1.46 bits per heavy atom. The second-order valence-corrected chi connectivity index (χ2v) is 6.13. The van der Waals surface area contributed by atoms with E-state index in [4.69, 9.17) is 4.74 Å². The molecule has 1 aliphatic heterocycles. The number of aromatic nitrogens is 3. The van der Waals surface area contributed by atoms with E-state index in [1.807, 2.05) is 37.4 Å². The largest absolute Gasteiger partial charge is 0.458 e. The van der Waals surface area contributed by atoms with Gasteiger partial charge in [-0.25, -0.2) is 9.48 Å². The van der Waals surface area contributed by atoms with Crippen LogP contribution in [0.5, 0.6) is 0 Å². The first kappa shape index (κ1) is 16.3. The Morgan fingerprint density at radius 2 is 2.21 bits per heavy atom. The van der Waals surface area contributed by atoms with Gasteiger partial charge in [0, 0.05) is 10.6 Å². The first-order valence-electron chi connectivity index (χ1n) is 7.45. The molecule has 0 bridgehead atoms. The van der Waals surface area contributed by atoms with E-state index < -0.39 is 0 Å². The van der Waals surface area contributed by atoms with Crippen LogP contribution in [0, 0.1) is 0 Å². The van der Waals surface area contributed by atoms with E-state index in [9.17, 15) is 4.79 Å². The van der Waals surface area contributed by atoms with Crippen LogP contribution in [0.25, 0.3) is 0 Å². The molecule has 1 aliphatic rings. The van der Waals surface area contributed by atoms with Gasteiger partial charge in [0.2, 0.25) is 5.95 Å². The van der Waals surface area contributed by atoms with E-state index >= 15 is 0 Å². The van der Waals surface area contributed by atoms with E-state index in [0.717, 1.165) is 10.5 Å². The van der Waals surface area contributed by atoms with Crippen molar-refractivity contribution in [3.05, 3.63) is 60.1 Å². The van der Waals surface area contributed by atoms with Gasteiger partial charge in [0.25, 0.3) is 0 Å². The first-order chi connectivity index (χ1) is 11.7. The number of esters is 1. The van der Waals surface area contributed by atoms with Gasteiger partial charge in [-0.1, -0.05) is 24.8 Å². The Bertz CT molecular complexity index is 795. The zero-order valence-electron chi connectivity index (χ0n) is 13.5. The minimum absolute atomic E-state index is 0.165. The number of hydrogen-bond donors (Lipinski definition) is 1. The summed E-state index contributed by atoms with van der Waals surface area (Å²) in [6, 6.07) is 7.68. The zero-order valence-corrected chi connectivity index (χ0v) is 14.3. The first-order valence-corrected chi connectivity index (χ1v) is 8.67. The fourth-order valence-electron chi connectivity index (χ4n) is 2.66. The zero-order chi connectivity index (χ0) is 17.1. The van der Waals surface area contributed by atoms with Crippen LogP contribution in [-0.4, -0.2) is 33.6 Å². The second-order valence-electron chi connectivity index (χ2n) is 5.25. The number of thioether (sulfide) groups is 1. The minimum atomic E-state index is -0.389. The summed E-state index contributed by atoms with van der Waals surface area (Å²) >= 11 is 1.67. The third kappa shape index (κ3) is 2.94. The average molecular weight is 342 g/mol. The van der Waals surface area contributed by atoms with Crippen LogP contribution in [0.2, 0.25) is 0 Å². The SMILES string of the molecule is C=CCOC(=O)C1=C(C)Nc2ncnn2[C@@H]1c1ccc(SC)cc1. The lowest BCUT2D eigenvalue weighted by atomic mass is 9.96. The lowest BCUT2D eigenvalue weighted by Gasteiger charge is -2.28. The molecule has 3 rings (SSSR count). The molecule has 6 nitrogen and oxygen atoms in total. The smallest absolute Gasteiger partial charge is 0.338 e. The summed E-state index contributed by atoms with van der Waals surface area (Å²) in [6.45, 7) is 5.59. The summed E-state index contributed by atoms with van der Waals surface area (Å²) in [7, 11) is 0. The molecule has 124 valence electrons. The molecule has 0 aliphatic carbocycles. The molecule has 0 fully saturated rings. The molecule has 7 heteroatoms. The van der Waals surface area contributed by atoms with Crippen LogP contribution in [-0.2, 0) is 9.53 Å². The van der Waals surface area contributed by atoms with Crippen molar-refractivity contribution in [2.24, 2.45) is 0 Å². The highest BCUT2D eigenvalue weighted by molar-refractivity contribution is 7.98. The second kappa shape index (κ2) is 6.92. The van der Waals surface area contributed by atoms with Gasteiger partial charge in [0.05, 0.1) is 5.57 Å². The van der Waals surface area contributed by atoms with Crippen molar-refractivity contribution < 1.29 is 9.53 Å². The normalized spacial score (nSPS) is 16.3. The predicted molar refractivity (Wildman–Crippen MR) is 93.9 cm³/mol. The summed E-state index contributed by atoms with van der Waals surface area (Å²) in [4.78, 5) is 17.9. The van der Waals surface area contributed by atoms with Gasteiger partial charge in [-0.2, -0.15) is 10.1 Å². The molecule has 0 unspecified atom stereocenters. The van der Waals surface area contributed by atoms with Crippen LogP contribution in [0.4, 0.5) is 5.95 Å². The van der Waals surface area contributed by atoms with Crippen LogP contribution in [0.15, 0.2) is 59.4 Å². The number of fused-ring (bicyclic) bond motifs is 1. The number of anilines is 1. The Balaban J connectivity index is 2.06. The molecule has 1 aromatic carbocycles. The molecule has 1 atom stereocenters. The standard InChI is InChI=1S/C17H18N4O2S/c1-4-9-23-16(22)14-11(2)20-17-18-10-19-21(17)15(14)12-5-7-13(24-3)8-6-12/h4-8,10,15H,1,9H2,2-3H3,(H,18,19,20)/t15-/m1/s1. The van der Waals surface area contributed by atoms with Crippen LogP contribution >= 0.6 is 11.8 Å². The van der Waals surface area contributed by atoms with E-state index in [1.54, 1.807) is 22.5 Å². The molecule has 0 amide bonds. The van der Waals surface area contributed by atoms with Crippen LogP contribution in [0.1, 0.15) is 18.5 Å². The lowest BCUT2D eigenvalue weighted by molar-refractivity contribution is -0.138. The van der Waals surface area contributed by atoms with Gasteiger partial charge in [-0.05, 0) is 30.9 Å². The van der Waals surface area contributed by atoms with Crippen molar-refractivity contribution in [2.75, 3.05) is 18.2 Å². The number of allylic oxidation sites excluding steroid dienone is 1. The van der Waals surface area contributed by atoms with E-state index in [-0.39, 0.29) is 18.6 Å². The van der Waals surface area contributed by atoms with Gasteiger partial charge in [-0.3, -0.25) is 0 Å². The molecule has 2 aromatic rings. The molecule has 0 radical (unpaired) electrons. The lowest BCUT2D eigenvalue weighted by Crippen LogP contribution is -2.29. The molecular weight excluding hydrogens is 324 g/mol. The van der Waals surface area contributed by atoms with Gasteiger partial charge in [-0.15, -0.1) is 11.8 Å². The highest BCUT2D eigenvalue weighted by atomic mass is 32.2. The highest BCUT2D eigenvalue weighted by Gasteiger charge is 2.34. The number of nitrogens with zero attached hydrogens (tertiary/aromatic N) is 3. The van der Waals surface area contributed by atoms with Gasteiger partial charge in [0.1, 0.15) is 19.0 Å². The van der Waals surface area contributed by atoms with Crippen molar-refractivity contribution in [2.45, 2.75) is 17.9 Å². The summed E-state index contributed by atoms with van der Waals surface area (Å²) in [6.07, 6.45) is 5.04. The number of nitrogens with one attached hydrogen (secondary N) is 1. The fourth-order valence-corrected chi connectivity index (χ4v) is 3.07. The molecule has 1 aromatic heterocycles. The Morgan fingerprint density at radius 3 is 2.88 bits per heavy atom. The Kier molecular flexibility index (Phi) is 4.71. The van der Waals surface area contributed by atoms with Gasteiger partial charge >= 0.3 is 5.97 Å². The van der Waals surface area contributed by atoms with Crippen LogP contribution < -0.4 is 5.32 Å². The summed E-state index contributed by atoms with van der Waals surface area (Å²) in [5.74, 6) is 0.215. The molecule has 1 N–H and O–H groups in total. The highest BCUT2D eigenvalue weighted by Crippen LogP contribution is 2.35. The van der Waals surface area contributed by atoms with E-state index in [2.05, 4.69) is 22.0 Å². The molecule has 0 saturated carbocycles.